The number of rotatable bonds is 8. The van der Waals surface area contributed by atoms with Gasteiger partial charge >= 0.3 is 5.97 Å². The molecular formula is C22H21NO6. The molecule has 0 radical (unpaired) electrons. The third-order valence-electron chi connectivity index (χ3n) is 4.10. The number of ether oxygens (including phenoxy) is 2. The van der Waals surface area contributed by atoms with Crippen LogP contribution in [0.15, 0.2) is 54.6 Å². The van der Waals surface area contributed by atoms with Gasteiger partial charge in [0.1, 0.15) is 6.61 Å². The van der Waals surface area contributed by atoms with Gasteiger partial charge in [0.25, 0.3) is 11.8 Å². The van der Waals surface area contributed by atoms with E-state index < -0.39 is 17.8 Å². The van der Waals surface area contributed by atoms with Crippen LogP contribution < -0.4 is 9.47 Å². The molecule has 2 amide bonds. The summed E-state index contributed by atoms with van der Waals surface area (Å²) in [5.41, 5.74) is 1.71. The number of imide groups is 1. The number of carbonyl (C=O) groups excluding carboxylic acids is 3. The fraction of sp³-hybridized carbons (Fsp3) is 0.227. The Morgan fingerprint density at radius 3 is 2.41 bits per heavy atom. The average Bonchev–Trinajstić information content (AvgIpc) is 3.04. The molecule has 0 bridgehead atoms. The van der Waals surface area contributed by atoms with Crippen molar-refractivity contribution in [1.82, 2.24) is 5.06 Å². The molecular weight excluding hydrogens is 374 g/mol. The largest absolute Gasteiger partial charge is 0.490 e. The summed E-state index contributed by atoms with van der Waals surface area (Å²) in [6.07, 6.45) is 2.77. The summed E-state index contributed by atoms with van der Waals surface area (Å²) < 4.78 is 11.5. The molecule has 2 aromatic rings. The summed E-state index contributed by atoms with van der Waals surface area (Å²) in [4.78, 5) is 39.7. The number of amides is 2. The van der Waals surface area contributed by atoms with Gasteiger partial charge in [0.05, 0.1) is 6.61 Å². The van der Waals surface area contributed by atoms with E-state index in [1.165, 1.54) is 6.08 Å². The summed E-state index contributed by atoms with van der Waals surface area (Å²) in [5, 5.41) is 0.513. The first-order valence-corrected chi connectivity index (χ1v) is 9.26. The third-order valence-corrected chi connectivity index (χ3v) is 4.10. The molecule has 0 N–H and O–H groups in total. The van der Waals surface area contributed by atoms with Crippen LogP contribution in [0.5, 0.6) is 11.5 Å². The SMILES string of the molecule is CCOc1cc(/C=C/C(=O)ON2C(=O)CCC2=O)ccc1OCc1ccccc1. The van der Waals surface area contributed by atoms with Crippen molar-refractivity contribution >= 4 is 23.9 Å². The van der Waals surface area contributed by atoms with Crippen LogP contribution in [-0.2, 0) is 25.8 Å². The van der Waals surface area contributed by atoms with Gasteiger partial charge in [-0.05, 0) is 36.3 Å². The van der Waals surface area contributed by atoms with Crippen molar-refractivity contribution in [2.45, 2.75) is 26.4 Å². The van der Waals surface area contributed by atoms with Gasteiger partial charge in [0, 0.05) is 18.9 Å². The second kappa shape index (κ2) is 9.54. The van der Waals surface area contributed by atoms with Crippen LogP contribution in [0.4, 0.5) is 0 Å². The van der Waals surface area contributed by atoms with Crippen molar-refractivity contribution in [2.24, 2.45) is 0 Å². The maximum absolute atomic E-state index is 11.9. The number of nitrogens with zero attached hydrogens (tertiary/aromatic N) is 1. The van der Waals surface area contributed by atoms with Crippen LogP contribution in [0.25, 0.3) is 6.08 Å². The van der Waals surface area contributed by atoms with Gasteiger partial charge in [0.2, 0.25) is 0 Å². The Morgan fingerprint density at radius 2 is 1.72 bits per heavy atom. The molecule has 7 heteroatoms. The monoisotopic (exact) mass is 395 g/mol. The second-order valence-corrected chi connectivity index (χ2v) is 6.24. The maximum atomic E-state index is 11.9. The van der Waals surface area contributed by atoms with Crippen molar-refractivity contribution in [3.8, 4) is 11.5 Å². The molecule has 1 aliphatic rings. The molecule has 0 saturated carbocycles. The summed E-state index contributed by atoms with van der Waals surface area (Å²) >= 11 is 0. The minimum absolute atomic E-state index is 0.0536. The summed E-state index contributed by atoms with van der Waals surface area (Å²) in [6, 6.07) is 15.0. The Bertz CT molecular complexity index is 906. The lowest BCUT2D eigenvalue weighted by Crippen LogP contribution is -2.31. The van der Waals surface area contributed by atoms with Crippen molar-refractivity contribution in [2.75, 3.05) is 6.61 Å². The lowest BCUT2D eigenvalue weighted by molar-refractivity contribution is -0.193. The first kappa shape index (κ1) is 20.1. The van der Waals surface area contributed by atoms with Crippen LogP contribution in [0, 0.1) is 0 Å². The van der Waals surface area contributed by atoms with E-state index in [1.54, 1.807) is 18.2 Å². The lowest BCUT2D eigenvalue weighted by atomic mass is 10.2. The van der Waals surface area contributed by atoms with Gasteiger partial charge < -0.3 is 14.3 Å². The average molecular weight is 395 g/mol. The van der Waals surface area contributed by atoms with Crippen molar-refractivity contribution in [3.63, 3.8) is 0 Å². The fourth-order valence-corrected chi connectivity index (χ4v) is 2.69. The molecule has 1 saturated heterocycles. The van der Waals surface area contributed by atoms with Gasteiger partial charge in [0.15, 0.2) is 11.5 Å². The highest BCUT2D eigenvalue weighted by molar-refractivity contribution is 6.02. The number of hydrogen-bond donors (Lipinski definition) is 0. The van der Waals surface area contributed by atoms with Gasteiger partial charge in [-0.25, -0.2) is 4.79 Å². The van der Waals surface area contributed by atoms with Gasteiger partial charge in [-0.3, -0.25) is 9.59 Å². The standard InChI is InChI=1S/C22H21NO6/c1-2-27-19-14-16(8-10-18(19)28-15-17-6-4-3-5-7-17)9-13-22(26)29-23-20(24)11-12-21(23)25/h3-10,13-14H,2,11-12,15H2,1H3/b13-9+. The number of benzene rings is 2. The maximum Gasteiger partial charge on any atom is 0.356 e. The number of carbonyl (C=O) groups is 3. The predicted octanol–water partition coefficient (Wildman–Crippen LogP) is 3.28. The zero-order valence-corrected chi connectivity index (χ0v) is 16.0. The van der Waals surface area contributed by atoms with Crippen molar-refractivity contribution in [3.05, 3.63) is 65.7 Å². The zero-order valence-electron chi connectivity index (χ0n) is 16.0. The number of hydrogen-bond acceptors (Lipinski definition) is 6. The van der Waals surface area contributed by atoms with E-state index in [-0.39, 0.29) is 12.8 Å². The Balaban J connectivity index is 1.65. The first-order chi connectivity index (χ1) is 14.1. The third kappa shape index (κ3) is 5.44. The van der Waals surface area contributed by atoms with Gasteiger partial charge in [-0.15, -0.1) is 5.06 Å². The molecule has 0 spiro atoms. The molecule has 0 aromatic heterocycles. The molecule has 7 nitrogen and oxygen atoms in total. The van der Waals surface area contributed by atoms with Crippen LogP contribution in [0.2, 0.25) is 0 Å². The van der Waals surface area contributed by atoms with Gasteiger partial charge in [-0.2, -0.15) is 0 Å². The van der Waals surface area contributed by atoms with Crippen molar-refractivity contribution < 1.29 is 28.7 Å². The van der Waals surface area contributed by atoms with E-state index in [2.05, 4.69) is 0 Å². The molecule has 0 unspecified atom stereocenters. The zero-order chi connectivity index (χ0) is 20.6. The van der Waals surface area contributed by atoms with Crippen LogP contribution in [0.3, 0.4) is 0 Å². The quantitative estimate of drug-likeness (QED) is 0.504. The van der Waals surface area contributed by atoms with Crippen LogP contribution in [-0.4, -0.2) is 29.5 Å². The fourth-order valence-electron chi connectivity index (χ4n) is 2.69. The summed E-state index contributed by atoms with van der Waals surface area (Å²) in [7, 11) is 0. The Labute approximate surface area is 168 Å². The first-order valence-electron chi connectivity index (χ1n) is 9.26. The molecule has 1 fully saturated rings. The van der Waals surface area contributed by atoms with Crippen LogP contribution >= 0.6 is 0 Å². The summed E-state index contributed by atoms with van der Waals surface area (Å²) in [5.74, 6) is -0.714. The highest BCUT2D eigenvalue weighted by atomic mass is 16.7. The minimum atomic E-state index is -0.809. The highest BCUT2D eigenvalue weighted by Gasteiger charge is 2.32. The van der Waals surface area contributed by atoms with E-state index in [4.69, 9.17) is 14.3 Å². The highest BCUT2D eigenvalue weighted by Crippen LogP contribution is 2.30. The molecule has 29 heavy (non-hydrogen) atoms. The van der Waals surface area contributed by atoms with Crippen molar-refractivity contribution in [1.29, 1.82) is 0 Å². The normalized spacial score (nSPS) is 13.8. The van der Waals surface area contributed by atoms with E-state index in [1.807, 2.05) is 37.3 Å². The smallest absolute Gasteiger partial charge is 0.356 e. The van der Waals surface area contributed by atoms with E-state index in [0.29, 0.717) is 35.3 Å². The predicted molar refractivity (Wildman–Crippen MR) is 105 cm³/mol. The molecule has 0 aliphatic carbocycles. The lowest BCUT2D eigenvalue weighted by Gasteiger charge is -2.13. The molecule has 150 valence electrons. The van der Waals surface area contributed by atoms with E-state index in [9.17, 15) is 14.4 Å². The van der Waals surface area contributed by atoms with E-state index >= 15 is 0 Å². The molecule has 1 heterocycles. The molecule has 1 aliphatic heterocycles. The molecule has 3 rings (SSSR count). The Kier molecular flexibility index (Phi) is 6.63. The number of hydroxylamine groups is 2. The second-order valence-electron chi connectivity index (χ2n) is 6.24. The Hall–Kier alpha value is -3.61. The van der Waals surface area contributed by atoms with Gasteiger partial charge in [-0.1, -0.05) is 36.4 Å². The Morgan fingerprint density at radius 1 is 1.00 bits per heavy atom. The summed E-state index contributed by atoms with van der Waals surface area (Å²) in [6.45, 7) is 2.72. The molecule has 2 aromatic carbocycles. The van der Waals surface area contributed by atoms with Crippen LogP contribution in [0.1, 0.15) is 30.9 Å². The topological polar surface area (TPSA) is 82.1 Å². The minimum Gasteiger partial charge on any atom is -0.490 e. The molecule has 0 atom stereocenters. The van der Waals surface area contributed by atoms with E-state index in [0.717, 1.165) is 11.6 Å².